The molecule has 2 saturated heterocycles. The van der Waals surface area contributed by atoms with Crippen molar-refractivity contribution in [3.63, 3.8) is 0 Å². The van der Waals surface area contributed by atoms with Gasteiger partial charge in [0.1, 0.15) is 0 Å². The Hall–Kier alpha value is 0.560. The molecule has 2 unspecified atom stereocenters. The van der Waals surface area contributed by atoms with Gasteiger partial charge in [-0.3, -0.25) is 0 Å². The largest absolute Gasteiger partial charge is 0.316 e. The molecule has 0 aromatic heterocycles. The Morgan fingerprint density at radius 1 is 1.39 bits per heavy atom. The van der Waals surface area contributed by atoms with Gasteiger partial charge < -0.3 is 10.2 Å². The summed E-state index contributed by atoms with van der Waals surface area (Å²) in [5.41, 5.74) is 0.534. The summed E-state index contributed by atoms with van der Waals surface area (Å²) in [6.07, 6.45) is 5.63. The fourth-order valence-electron chi connectivity index (χ4n) is 3.24. The van der Waals surface area contributed by atoms with Gasteiger partial charge in [0.25, 0.3) is 0 Å². The molecule has 0 saturated carbocycles. The summed E-state index contributed by atoms with van der Waals surface area (Å²) in [4.78, 5) is 2.74. The molecule has 2 aliphatic heterocycles. The van der Waals surface area contributed by atoms with E-state index in [1.807, 2.05) is 0 Å². The Balaban J connectivity index is 0.00000162. The highest BCUT2D eigenvalue weighted by Crippen LogP contribution is 2.28. The number of nitrogens with one attached hydrogen (secondary N) is 1. The first-order chi connectivity index (χ1) is 8.22. The van der Waals surface area contributed by atoms with E-state index in [-0.39, 0.29) is 12.4 Å². The second-order valence-corrected chi connectivity index (χ2v) is 7.62. The summed E-state index contributed by atoms with van der Waals surface area (Å²) in [6.45, 7) is 11.2. The van der Waals surface area contributed by atoms with Gasteiger partial charge in [0.05, 0.1) is 0 Å². The van der Waals surface area contributed by atoms with Gasteiger partial charge in [-0.1, -0.05) is 20.3 Å². The third-order valence-corrected chi connectivity index (χ3v) is 5.37. The molecule has 0 amide bonds. The first kappa shape index (κ1) is 16.6. The van der Waals surface area contributed by atoms with Gasteiger partial charge in [0.15, 0.2) is 0 Å². The molecule has 2 atom stereocenters. The molecule has 108 valence electrons. The minimum Gasteiger partial charge on any atom is -0.316 e. The van der Waals surface area contributed by atoms with Crippen molar-refractivity contribution in [2.75, 3.05) is 38.5 Å². The first-order valence-electron chi connectivity index (χ1n) is 7.26. The van der Waals surface area contributed by atoms with Crippen LogP contribution in [0.2, 0.25) is 0 Å². The van der Waals surface area contributed by atoms with Crippen LogP contribution in [0.25, 0.3) is 0 Å². The van der Waals surface area contributed by atoms with Gasteiger partial charge in [-0.05, 0) is 43.5 Å². The molecule has 0 spiro atoms. The molecule has 2 heterocycles. The average molecular weight is 293 g/mol. The Kier molecular flexibility index (Phi) is 7.37. The minimum atomic E-state index is 0. The monoisotopic (exact) mass is 292 g/mol. The molecule has 0 aliphatic carbocycles. The Morgan fingerprint density at radius 2 is 2.22 bits per heavy atom. The van der Waals surface area contributed by atoms with Crippen LogP contribution < -0.4 is 5.32 Å². The highest BCUT2D eigenvalue weighted by Gasteiger charge is 2.31. The van der Waals surface area contributed by atoms with Gasteiger partial charge in [0.2, 0.25) is 0 Å². The van der Waals surface area contributed by atoms with Crippen LogP contribution in [0.4, 0.5) is 0 Å². The summed E-state index contributed by atoms with van der Waals surface area (Å²) in [7, 11) is 0. The molecule has 18 heavy (non-hydrogen) atoms. The summed E-state index contributed by atoms with van der Waals surface area (Å²) < 4.78 is 0. The molecule has 0 bridgehead atoms. The van der Waals surface area contributed by atoms with Crippen molar-refractivity contribution in [2.45, 2.75) is 44.8 Å². The molecule has 4 heteroatoms. The van der Waals surface area contributed by atoms with E-state index in [9.17, 15) is 0 Å². The van der Waals surface area contributed by atoms with Crippen LogP contribution in [0.5, 0.6) is 0 Å². The van der Waals surface area contributed by atoms with Crippen molar-refractivity contribution in [2.24, 2.45) is 5.41 Å². The average Bonchev–Trinajstić information content (AvgIpc) is 2.58. The predicted octanol–water partition coefficient (Wildman–Crippen LogP) is 3.02. The molecule has 0 radical (unpaired) electrons. The van der Waals surface area contributed by atoms with Gasteiger partial charge in [-0.15, -0.1) is 12.4 Å². The third kappa shape index (κ3) is 4.92. The molecule has 2 rings (SSSR count). The quantitative estimate of drug-likeness (QED) is 0.857. The maximum absolute atomic E-state index is 3.52. The summed E-state index contributed by atoms with van der Waals surface area (Å²) in [5, 5.41) is 4.41. The molecular weight excluding hydrogens is 264 g/mol. The smallest absolute Gasteiger partial charge is 0.0174 e. The van der Waals surface area contributed by atoms with Crippen molar-refractivity contribution in [1.82, 2.24) is 10.2 Å². The second kappa shape index (κ2) is 7.98. The number of nitrogens with zero attached hydrogens (tertiary/aromatic N) is 1. The second-order valence-electron chi connectivity index (χ2n) is 6.05. The maximum atomic E-state index is 3.52. The van der Waals surface area contributed by atoms with E-state index in [0.717, 1.165) is 5.25 Å². The lowest BCUT2D eigenvalue weighted by Gasteiger charge is -2.32. The summed E-state index contributed by atoms with van der Waals surface area (Å²) >= 11 is 2.17. The Bertz CT molecular complexity index is 232. The number of halogens is 1. The van der Waals surface area contributed by atoms with Crippen LogP contribution in [0, 0.1) is 5.41 Å². The van der Waals surface area contributed by atoms with Crippen molar-refractivity contribution in [3.8, 4) is 0 Å². The van der Waals surface area contributed by atoms with Crippen molar-refractivity contribution < 1.29 is 0 Å². The summed E-state index contributed by atoms with van der Waals surface area (Å²) in [6, 6.07) is 0. The van der Waals surface area contributed by atoms with E-state index >= 15 is 0 Å². The van der Waals surface area contributed by atoms with Crippen LogP contribution in [-0.4, -0.2) is 48.6 Å². The van der Waals surface area contributed by atoms with Gasteiger partial charge >= 0.3 is 0 Å². The minimum absolute atomic E-state index is 0. The number of hydrogen-bond acceptors (Lipinski definition) is 3. The van der Waals surface area contributed by atoms with Gasteiger partial charge in [-0.2, -0.15) is 11.8 Å². The fourth-order valence-corrected chi connectivity index (χ4v) is 4.36. The molecule has 1 N–H and O–H groups in total. The Morgan fingerprint density at radius 3 is 2.89 bits per heavy atom. The topological polar surface area (TPSA) is 15.3 Å². The standard InChI is InChI=1S/C14H28N2S.ClH/c1-3-17-13-6-4-5-9-16(10-13)12-14(2)7-8-15-11-14;/h13,15H,3-12H2,1-2H3;1H. The number of hydrogen-bond donors (Lipinski definition) is 1. The highest BCUT2D eigenvalue weighted by atomic mass is 35.5. The highest BCUT2D eigenvalue weighted by molar-refractivity contribution is 7.99. The number of thioether (sulfide) groups is 1. The van der Waals surface area contributed by atoms with E-state index in [2.05, 4.69) is 35.8 Å². The number of rotatable bonds is 4. The SMILES string of the molecule is CCSC1CCCCN(CC2(C)CCNC2)C1.Cl. The predicted molar refractivity (Wildman–Crippen MR) is 85.1 cm³/mol. The summed E-state index contributed by atoms with van der Waals surface area (Å²) in [5.74, 6) is 1.28. The molecule has 2 nitrogen and oxygen atoms in total. The molecular formula is C14H29ClN2S. The third-order valence-electron chi connectivity index (χ3n) is 4.18. The molecule has 2 fully saturated rings. The lowest BCUT2D eigenvalue weighted by atomic mass is 9.89. The van der Waals surface area contributed by atoms with E-state index in [1.54, 1.807) is 0 Å². The lowest BCUT2D eigenvalue weighted by Crippen LogP contribution is -2.40. The molecule has 0 aromatic carbocycles. The maximum Gasteiger partial charge on any atom is 0.0174 e. The zero-order chi connectivity index (χ0) is 12.1. The van der Waals surface area contributed by atoms with Crippen LogP contribution in [0.15, 0.2) is 0 Å². The van der Waals surface area contributed by atoms with Crippen LogP contribution in [0.3, 0.4) is 0 Å². The van der Waals surface area contributed by atoms with Crippen LogP contribution in [-0.2, 0) is 0 Å². The number of likely N-dealkylation sites (tertiary alicyclic amines) is 1. The van der Waals surface area contributed by atoms with Crippen molar-refractivity contribution in [3.05, 3.63) is 0 Å². The Labute approximate surface area is 123 Å². The van der Waals surface area contributed by atoms with E-state index in [1.165, 1.54) is 64.2 Å². The van der Waals surface area contributed by atoms with Crippen LogP contribution >= 0.6 is 24.2 Å². The van der Waals surface area contributed by atoms with E-state index in [0.29, 0.717) is 5.41 Å². The fraction of sp³-hybridized carbons (Fsp3) is 1.00. The molecule has 2 aliphatic rings. The van der Waals surface area contributed by atoms with E-state index < -0.39 is 0 Å². The zero-order valence-corrected chi connectivity index (χ0v) is 13.5. The van der Waals surface area contributed by atoms with Gasteiger partial charge in [-0.25, -0.2) is 0 Å². The first-order valence-corrected chi connectivity index (χ1v) is 8.31. The normalized spacial score (nSPS) is 34.0. The molecule has 0 aromatic rings. The van der Waals surface area contributed by atoms with Crippen molar-refractivity contribution >= 4 is 24.2 Å². The van der Waals surface area contributed by atoms with Gasteiger partial charge in [0, 0.05) is 24.9 Å². The van der Waals surface area contributed by atoms with Crippen molar-refractivity contribution in [1.29, 1.82) is 0 Å². The van der Waals surface area contributed by atoms with Crippen LogP contribution in [0.1, 0.15) is 39.5 Å². The zero-order valence-electron chi connectivity index (χ0n) is 11.9. The van der Waals surface area contributed by atoms with E-state index in [4.69, 9.17) is 0 Å². The lowest BCUT2D eigenvalue weighted by molar-refractivity contribution is 0.184.